The fourth-order valence-electron chi connectivity index (χ4n) is 4.64. The zero-order chi connectivity index (χ0) is 28.0. The Morgan fingerprint density at radius 2 is 1.44 bits per heavy atom. The van der Waals surface area contributed by atoms with Crippen LogP contribution in [0.15, 0.2) is 121 Å². The van der Waals surface area contributed by atoms with Gasteiger partial charge in [0.1, 0.15) is 11.8 Å². The molecule has 0 radical (unpaired) electrons. The minimum absolute atomic E-state index is 0.252. The van der Waals surface area contributed by atoms with Gasteiger partial charge >= 0.3 is 6.09 Å². The van der Waals surface area contributed by atoms with E-state index in [0.717, 1.165) is 38.2 Å². The monoisotopic (exact) mass is 558 g/mol. The molecule has 0 aliphatic carbocycles. The van der Waals surface area contributed by atoms with Crippen molar-refractivity contribution in [1.29, 1.82) is 0 Å². The SMILES string of the molecule is O=C(NC(Cc1c[nH]c2ccccc12)C(=O)Nc1nc(-c2ccccc2)c(-c2ccccc2)s1)Oc1ccccc1. The minimum atomic E-state index is -0.922. The van der Waals surface area contributed by atoms with Crippen molar-refractivity contribution in [2.24, 2.45) is 0 Å². The molecule has 2 heterocycles. The molecule has 0 saturated carbocycles. The maximum Gasteiger partial charge on any atom is 0.413 e. The number of rotatable bonds is 8. The van der Waals surface area contributed by atoms with Gasteiger partial charge in [-0.3, -0.25) is 4.79 Å². The fraction of sp³-hybridized carbons (Fsp3) is 0.0606. The number of carbonyl (C=O) groups excluding carboxylic acids is 2. The summed E-state index contributed by atoms with van der Waals surface area (Å²) < 4.78 is 5.44. The Bertz CT molecular complexity index is 1730. The highest BCUT2D eigenvalue weighted by molar-refractivity contribution is 7.19. The van der Waals surface area contributed by atoms with E-state index in [4.69, 9.17) is 9.72 Å². The molecule has 6 aromatic rings. The second-order valence-corrected chi connectivity index (χ2v) is 10.4. The Kier molecular flexibility index (Phi) is 7.55. The Morgan fingerprint density at radius 1 is 0.805 bits per heavy atom. The molecule has 8 heteroatoms. The lowest BCUT2D eigenvalue weighted by Crippen LogP contribution is -2.46. The van der Waals surface area contributed by atoms with Gasteiger partial charge in [-0.2, -0.15) is 0 Å². The number of nitrogens with one attached hydrogen (secondary N) is 3. The number of carbonyl (C=O) groups is 2. The lowest BCUT2D eigenvalue weighted by atomic mass is 10.0. The zero-order valence-corrected chi connectivity index (χ0v) is 22.7. The van der Waals surface area contributed by atoms with E-state index >= 15 is 0 Å². The first kappa shape index (κ1) is 26.0. The molecule has 0 fully saturated rings. The van der Waals surface area contributed by atoms with Crippen molar-refractivity contribution in [3.63, 3.8) is 0 Å². The van der Waals surface area contributed by atoms with Gasteiger partial charge in [-0.1, -0.05) is 108 Å². The molecule has 0 spiro atoms. The van der Waals surface area contributed by atoms with Crippen molar-refractivity contribution in [3.05, 3.63) is 127 Å². The summed E-state index contributed by atoms with van der Waals surface area (Å²) in [6.07, 6.45) is 1.40. The predicted octanol–water partition coefficient (Wildman–Crippen LogP) is 7.30. The molecule has 2 aromatic heterocycles. The second kappa shape index (κ2) is 11.9. The van der Waals surface area contributed by atoms with Crippen LogP contribution in [0.5, 0.6) is 5.75 Å². The van der Waals surface area contributed by atoms with Crippen LogP contribution in [-0.2, 0) is 11.2 Å². The molecule has 1 unspecified atom stereocenters. The highest BCUT2D eigenvalue weighted by Gasteiger charge is 2.26. The maximum atomic E-state index is 13.7. The molecule has 4 aromatic carbocycles. The van der Waals surface area contributed by atoms with E-state index in [9.17, 15) is 9.59 Å². The van der Waals surface area contributed by atoms with E-state index in [-0.39, 0.29) is 6.42 Å². The Hall–Kier alpha value is -5.21. The zero-order valence-electron chi connectivity index (χ0n) is 21.9. The number of nitrogens with zero attached hydrogens (tertiary/aromatic N) is 1. The van der Waals surface area contributed by atoms with Crippen LogP contribution in [0.25, 0.3) is 32.6 Å². The molecule has 0 aliphatic rings. The highest BCUT2D eigenvalue weighted by Crippen LogP contribution is 2.39. The molecule has 2 amide bonds. The first-order valence-electron chi connectivity index (χ1n) is 13.1. The number of amides is 2. The van der Waals surface area contributed by atoms with Gasteiger partial charge in [0.25, 0.3) is 0 Å². The van der Waals surface area contributed by atoms with E-state index < -0.39 is 18.0 Å². The molecule has 202 valence electrons. The van der Waals surface area contributed by atoms with Crippen LogP contribution in [-0.4, -0.2) is 28.0 Å². The van der Waals surface area contributed by atoms with Crippen molar-refractivity contribution in [3.8, 4) is 27.4 Å². The number of para-hydroxylation sites is 2. The number of ether oxygens (including phenoxy) is 1. The number of hydrogen-bond donors (Lipinski definition) is 3. The van der Waals surface area contributed by atoms with E-state index in [0.29, 0.717) is 10.9 Å². The second-order valence-electron chi connectivity index (χ2n) is 9.38. The molecular formula is C33H26N4O3S. The van der Waals surface area contributed by atoms with Crippen molar-refractivity contribution < 1.29 is 14.3 Å². The number of aromatic nitrogens is 2. The Balaban J connectivity index is 1.29. The van der Waals surface area contributed by atoms with Crippen molar-refractivity contribution >= 4 is 39.4 Å². The van der Waals surface area contributed by atoms with Crippen LogP contribution in [0, 0.1) is 0 Å². The number of anilines is 1. The summed E-state index contributed by atoms with van der Waals surface area (Å²) in [5.41, 5.74) is 4.58. The number of benzene rings is 4. The highest BCUT2D eigenvalue weighted by atomic mass is 32.1. The van der Waals surface area contributed by atoms with Crippen LogP contribution in [0.4, 0.5) is 9.93 Å². The number of thiazole rings is 1. The van der Waals surface area contributed by atoms with E-state index in [2.05, 4.69) is 15.6 Å². The van der Waals surface area contributed by atoms with E-state index in [1.165, 1.54) is 11.3 Å². The van der Waals surface area contributed by atoms with Gasteiger partial charge in [0, 0.05) is 29.1 Å². The lowest BCUT2D eigenvalue weighted by molar-refractivity contribution is -0.118. The number of H-pyrrole nitrogens is 1. The third kappa shape index (κ3) is 6.03. The topological polar surface area (TPSA) is 96.1 Å². The Labute approximate surface area is 240 Å². The van der Waals surface area contributed by atoms with Gasteiger partial charge in [-0.05, 0) is 29.3 Å². The molecule has 3 N–H and O–H groups in total. The summed E-state index contributed by atoms with van der Waals surface area (Å²) in [4.78, 5) is 35.6. The average molecular weight is 559 g/mol. The molecule has 41 heavy (non-hydrogen) atoms. The van der Waals surface area contributed by atoms with Crippen LogP contribution in [0.2, 0.25) is 0 Å². The lowest BCUT2D eigenvalue weighted by Gasteiger charge is -2.17. The average Bonchev–Trinajstić information content (AvgIpc) is 3.62. The summed E-state index contributed by atoms with van der Waals surface area (Å²) >= 11 is 1.39. The number of fused-ring (bicyclic) bond motifs is 1. The maximum absolute atomic E-state index is 13.7. The van der Waals surface area contributed by atoms with E-state index in [1.54, 1.807) is 24.3 Å². The van der Waals surface area contributed by atoms with Gasteiger partial charge < -0.3 is 20.4 Å². The summed E-state index contributed by atoms with van der Waals surface area (Å²) in [5.74, 6) is -0.00977. The molecular weight excluding hydrogens is 532 g/mol. The molecule has 0 bridgehead atoms. The summed E-state index contributed by atoms with van der Waals surface area (Å²) in [6, 6.07) is 35.5. The van der Waals surface area contributed by atoms with Crippen LogP contribution >= 0.6 is 11.3 Å². The fourth-order valence-corrected chi connectivity index (χ4v) is 5.64. The Morgan fingerprint density at radius 3 is 2.17 bits per heavy atom. The normalized spacial score (nSPS) is 11.6. The van der Waals surface area contributed by atoms with Crippen LogP contribution in [0.1, 0.15) is 5.56 Å². The van der Waals surface area contributed by atoms with Crippen LogP contribution in [0.3, 0.4) is 0 Å². The van der Waals surface area contributed by atoms with Gasteiger partial charge in [0.15, 0.2) is 5.13 Å². The molecule has 1 atom stereocenters. The predicted molar refractivity (Wildman–Crippen MR) is 163 cm³/mol. The number of aromatic amines is 1. The van der Waals surface area contributed by atoms with Crippen molar-refractivity contribution in [2.75, 3.05) is 5.32 Å². The smallest absolute Gasteiger partial charge is 0.410 e. The van der Waals surface area contributed by atoms with Crippen molar-refractivity contribution in [1.82, 2.24) is 15.3 Å². The first-order valence-corrected chi connectivity index (χ1v) is 14.0. The summed E-state index contributed by atoms with van der Waals surface area (Å²) in [6.45, 7) is 0. The quantitative estimate of drug-likeness (QED) is 0.183. The standard InChI is InChI=1S/C33H26N4O3S/c38-31(37-32-36-29(22-12-4-1-5-13-22)30(41-32)23-14-6-2-7-15-23)28(35-33(39)40-25-16-8-3-9-17-25)20-24-21-34-27-19-11-10-18-26(24)27/h1-19,21,28,34H,20H2,(H,35,39)(H,36,37,38). The van der Waals surface area contributed by atoms with Gasteiger partial charge in [-0.25, -0.2) is 9.78 Å². The molecule has 0 saturated heterocycles. The number of hydrogen-bond acceptors (Lipinski definition) is 5. The van der Waals surface area contributed by atoms with Crippen LogP contribution < -0.4 is 15.4 Å². The van der Waals surface area contributed by atoms with E-state index in [1.807, 2.05) is 97.2 Å². The summed E-state index contributed by atoms with van der Waals surface area (Å²) in [5, 5.41) is 7.14. The van der Waals surface area contributed by atoms with Crippen molar-refractivity contribution in [2.45, 2.75) is 12.5 Å². The third-order valence-corrected chi connectivity index (χ3v) is 7.62. The minimum Gasteiger partial charge on any atom is -0.410 e. The third-order valence-electron chi connectivity index (χ3n) is 6.60. The molecule has 7 nitrogen and oxygen atoms in total. The van der Waals surface area contributed by atoms with Gasteiger partial charge in [0.2, 0.25) is 5.91 Å². The summed E-state index contributed by atoms with van der Waals surface area (Å²) in [7, 11) is 0. The largest absolute Gasteiger partial charge is 0.413 e. The molecule has 0 aliphatic heterocycles. The first-order chi connectivity index (χ1) is 20.1. The molecule has 6 rings (SSSR count). The van der Waals surface area contributed by atoms with Gasteiger partial charge in [-0.15, -0.1) is 0 Å². The van der Waals surface area contributed by atoms with Gasteiger partial charge in [0.05, 0.1) is 10.6 Å².